The number of rotatable bonds is 24. The lowest BCUT2D eigenvalue weighted by atomic mass is 9.46. The maximum Gasteiger partial charge on any atom is 0.0693 e. The van der Waals surface area contributed by atoms with E-state index in [1.807, 2.05) is 0 Å². The van der Waals surface area contributed by atoms with Crippen molar-refractivity contribution >= 4 is 0 Å². The molecule has 0 radical (unpaired) electrons. The maximum absolute atomic E-state index is 11.8. The predicted octanol–water partition coefficient (Wildman–Crippen LogP) is 32.0. The average molecular weight is 2030 g/mol. The van der Waals surface area contributed by atoms with Gasteiger partial charge in [-0.25, -0.2) is 0 Å². The summed E-state index contributed by atoms with van der Waals surface area (Å²) in [4.78, 5) is 0. The number of aliphatic hydroxyl groups is 10. The van der Waals surface area contributed by atoms with Gasteiger partial charge in [0.1, 0.15) is 0 Å². The smallest absolute Gasteiger partial charge is 0.0693 e. The first kappa shape index (κ1) is 116. The van der Waals surface area contributed by atoms with Crippen LogP contribution in [0.3, 0.4) is 0 Å². The van der Waals surface area contributed by atoms with Gasteiger partial charge in [0.25, 0.3) is 0 Å². The van der Waals surface area contributed by atoms with E-state index < -0.39 is 11.2 Å². The molecule has 0 amide bonds. The van der Waals surface area contributed by atoms with Gasteiger partial charge in [0.05, 0.1) is 60.0 Å². The molecule has 10 N–H and O–H groups in total. The number of fused-ring (bicyclic) bond motifs is 25. The SMILES string of the molecule is CC(C)CCC[C@H](O)[C@@H](C)C1CCC2C3CC=C4C[C@@H](O)CC[C@]4(C)C3CC[C@@]21C.CC(C)CCC[C@](C)(O)C1CCC2C3CC=C4C[C@@H](O)CC[C@]4(C)C3CC[C@@]21C.CC(C)CC[C@H](O)[C@@H](C)C1CCC2C3CC=C4C[C@@H](O)CC[C@]4(C)C3CC[C@@]21C.CCCC[C@H](O)[C@@H](C)C1CCC2C3CC=C4C[C@@H](O)CC[C@]4(C)C3CC[C@@]21C.Cc1cccc(C[C@](C)(O)C2CCC3C4CC=C5C[C@@H](O)CC[C@]5(C)C4CC[C@@]32C)c1. The van der Waals surface area contributed by atoms with Gasteiger partial charge in [-0.05, 0) is 523 Å². The summed E-state index contributed by atoms with van der Waals surface area (Å²) in [6.07, 6.45) is 72.4. The van der Waals surface area contributed by atoms with Crippen LogP contribution in [0, 0.1) is 215 Å². The van der Waals surface area contributed by atoms with E-state index >= 15 is 0 Å². The Bertz CT molecular complexity index is 4690. The van der Waals surface area contributed by atoms with E-state index in [1.165, 1.54) is 217 Å². The molecule has 15 fully saturated rings. The molecule has 0 saturated heterocycles. The molecule has 0 aliphatic heterocycles. The summed E-state index contributed by atoms with van der Waals surface area (Å²) in [5.41, 5.74) is 12.7. The Balaban J connectivity index is 0.000000126. The molecule has 0 aromatic heterocycles. The van der Waals surface area contributed by atoms with E-state index in [2.05, 4.69) is 214 Å². The monoisotopic (exact) mass is 2030 g/mol. The van der Waals surface area contributed by atoms with E-state index in [0.29, 0.717) is 102 Å². The van der Waals surface area contributed by atoms with Gasteiger partial charge in [0, 0.05) is 6.42 Å². The summed E-state index contributed by atoms with van der Waals surface area (Å²) >= 11 is 0. The molecule has 20 aliphatic carbocycles. The second-order valence-corrected chi connectivity index (χ2v) is 61.2. The molecular weight excluding hydrogens is 1810 g/mol. The zero-order valence-electron chi connectivity index (χ0n) is 98.6. The van der Waals surface area contributed by atoms with Gasteiger partial charge in [-0.15, -0.1) is 0 Å². The van der Waals surface area contributed by atoms with Crippen molar-refractivity contribution in [3.8, 4) is 0 Å². The minimum absolute atomic E-state index is 0.106. The van der Waals surface area contributed by atoms with Crippen molar-refractivity contribution in [2.75, 3.05) is 0 Å². The summed E-state index contributed by atoms with van der Waals surface area (Å²) in [6.45, 7) is 54.8. The Kier molecular flexibility index (Phi) is 35.6. The van der Waals surface area contributed by atoms with E-state index in [-0.39, 0.29) is 54.2 Å². The van der Waals surface area contributed by atoms with Gasteiger partial charge in [-0.3, -0.25) is 0 Å². The number of allylic oxidation sites excluding steroid dienone is 5. The Labute approximate surface area is 900 Å². The van der Waals surface area contributed by atoms with Crippen molar-refractivity contribution in [2.45, 2.75) is 553 Å². The van der Waals surface area contributed by atoms with Gasteiger partial charge < -0.3 is 51.1 Å². The zero-order chi connectivity index (χ0) is 106. The minimum Gasteiger partial charge on any atom is -0.393 e. The number of aliphatic hydroxyl groups excluding tert-OH is 8. The third kappa shape index (κ3) is 22.1. The van der Waals surface area contributed by atoms with Crippen LogP contribution < -0.4 is 0 Å². The lowest BCUT2D eigenvalue weighted by Crippen LogP contribution is -2.53. The molecular formula is C137H226O10. The molecule has 20 unspecified atom stereocenters. The molecule has 1 aromatic carbocycles. The van der Waals surface area contributed by atoms with Crippen LogP contribution in [-0.2, 0) is 6.42 Å². The van der Waals surface area contributed by atoms with Crippen LogP contribution >= 0.6 is 0 Å². The van der Waals surface area contributed by atoms with Gasteiger partial charge in [0.15, 0.2) is 0 Å². The molecule has 834 valence electrons. The number of hydrogen-bond acceptors (Lipinski definition) is 10. The van der Waals surface area contributed by atoms with Crippen molar-refractivity contribution in [1.29, 1.82) is 0 Å². The lowest BCUT2D eigenvalue weighted by Gasteiger charge is -2.59. The minimum atomic E-state index is -0.654. The molecule has 43 atom stereocenters. The number of benzene rings is 1. The van der Waals surface area contributed by atoms with Gasteiger partial charge >= 0.3 is 0 Å². The van der Waals surface area contributed by atoms with Gasteiger partial charge in [0.2, 0.25) is 0 Å². The van der Waals surface area contributed by atoms with Crippen LogP contribution in [0.1, 0.15) is 491 Å². The second kappa shape index (κ2) is 45.4. The summed E-state index contributed by atoms with van der Waals surface area (Å²) in [5.74, 6) is 18.3. The lowest BCUT2D eigenvalue weighted by molar-refractivity contribution is -0.105. The van der Waals surface area contributed by atoms with Crippen LogP contribution in [0.5, 0.6) is 0 Å². The van der Waals surface area contributed by atoms with Crippen LogP contribution in [0.4, 0.5) is 0 Å². The molecule has 1 aromatic rings. The molecule has 20 aliphatic rings. The van der Waals surface area contributed by atoms with Crippen LogP contribution in [0.25, 0.3) is 0 Å². The summed E-state index contributed by atoms with van der Waals surface area (Å²) < 4.78 is 0. The quantitative estimate of drug-likeness (QED) is 0.0444. The molecule has 15 saturated carbocycles. The van der Waals surface area contributed by atoms with Crippen molar-refractivity contribution in [2.24, 2.45) is 208 Å². The average Bonchev–Trinajstić information content (AvgIpc) is 1.56. The molecule has 147 heavy (non-hydrogen) atoms. The Morgan fingerprint density at radius 3 is 0.891 bits per heavy atom. The zero-order valence-corrected chi connectivity index (χ0v) is 98.6. The molecule has 10 nitrogen and oxygen atoms in total. The van der Waals surface area contributed by atoms with E-state index in [1.54, 1.807) is 27.9 Å². The van der Waals surface area contributed by atoms with Crippen LogP contribution in [0.2, 0.25) is 0 Å². The van der Waals surface area contributed by atoms with Crippen molar-refractivity contribution in [1.82, 2.24) is 0 Å². The van der Waals surface area contributed by atoms with Crippen molar-refractivity contribution in [3.05, 3.63) is 93.6 Å². The number of hydrogen-bond donors (Lipinski definition) is 10. The highest BCUT2D eigenvalue weighted by molar-refractivity contribution is 5.33. The molecule has 10 heteroatoms. The van der Waals surface area contributed by atoms with Crippen LogP contribution in [0.15, 0.2) is 82.5 Å². The van der Waals surface area contributed by atoms with Crippen molar-refractivity contribution in [3.63, 3.8) is 0 Å². The number of unbranched alkanes of at least 4 members (excludes halogenated alkanes) is 1. The van der Waals surface area contributed by atoms with E-state index in [0.717, 1.165) is 229 Å². The first-order valence-corrected chi connectivity index (χ1v) is 63.8. The highest BCUT2D eigenvalue weighted by Gasteiger charge is 2.68. The molecule has 0 spiro atoms. The fourth-order valence-corrected chi connectivity index (χ4v) is 43.6. The third-order valence-electron chi connectivity index (χ3n) is 52.1. The molecule has 0 bridgehead atoms. The first-order chi connectivity index (χ1) is 69.3. The normalized spacial score (nSPS) is 45.9. The second-order valence-electron chi connectivity index (χ2n) is 61.2. The topological polar surface area (TPSA) is 202 Å². The summed E-state index contributed by atoms with van der Waals surface area (Å²) in [7, 11) is 0. The largest absolute Gasteiger partial charge is 0.393 e. The number of aryl methyl sites for hydroxylation is 1. The van der Waals surface area contributed by atoms with Gasteiger partial charge in [-0.2, -0.15) is 0 Å². The van der Waals surface area contributed by atoms with E-state index in [9.17, 15) is 51.1 Å². The van der Waals surface area contributed by atoms with E-state index in [4.69, 9.17) is 0 Å². The Hall–Kier alpha value is -2.48. The molecule has 21 rings (SSSR count). The Morgan fingerprint density at radius 2 is 0.585 bits per heavy atom. The van der Waals surface area contributed by atoms with Crippen LogP contribution in [-0.4, -0.2) is 111 Å². The highest BCUT2D eigenvalue weighted by Crippen LogP contribution is 2.75. The van der Waals surface area contributed by atoms with Gasteiger partial charge in [-0.1, -0.05) is 265 Å². The third-order valence-corrected chi connectivity index (χ3v) is 52.1. The fourth-order valence-electron chi connectivity index (χ4n) is 43.6. The fraction of sp³-hybridized carbons (Fsp3) is 0.883. The summed E-state index contributed by atoms with van der Waals surface area (Å²) in [5, 5.41) is 107. The maximum atomic E-state index is 11.8. The highest BCUT2D eigenvalue weighted by atomic mass is 16.3. The molecule has 0 heterocycles. The Morgan fingerprint density at radius 1 is 0.306 bits per heavy atom. The predicted molar refractivity (Wildman–Crippen MR) is 609 cm³/mol. The van der Waals surface area contributed by atoms with Crippen molar-refractivity contribution < 1.29 is 51.1 Å². The first-order valence-electron chi connectivity index (χ1n) is 63.8. The standard InChI is InChI=1S/C29H42O2.C28H48O2.2C27H46O2.C26H44O2/c1-19-6-5-7-20(16-19)18-29(4,31)26-11-10-24-23-9-8-21-17-22(30)12-14-27(21,2)25(23)13-15-28(24,26)3;1-18(2)7-6-8-26(30)19(3)23-11-12-24-22-10-9-20-17-21(29)13-15-27(20,4)25(22)14-16-28(23,24)5;1-17(2)6-11-25(29)18(3)22-9-10-23-21-8-7-19-16-20(28)12-14-26(19,4)24(21)13-15-27(22,23)5;1-18(2)7-6-14-27(5,29)24-11-10-22-21-9-8-19-17-20(28)12-15-25(19,3)23(21)13-16-26(22,24)4;1-5-6-7-24(28)17(2)21-10-11-22-20-9-8-18-16-19(27)12-14-25(18,3)23(20)13-15-26(21,22)4/h5-8,16,22-26,30-31H,9-15,17-18H2,1-4H3;9,18-19,21-26,29-30H,6-8,10-17H2,1-5H3;7,17-18,20-25,28-29H,6,8-16H2,1-5H3;8,18,20-24,28-29H,6-7,9-17H2,1-5H3;8,17,19-24,27-28H,5-7,9-16H2,1-4H3/t22-,23?,24?,25?,26?,27-,28-,29-;19-,21-,22?,23?,24?,25?,26-,27-,28+;18-,20-,21?,22?,23?,24?,25-,26-,27+;20-,21?,22?,23?,24?,25-,26-,27-;17-,19-,20?,21?,22?,23?,24-,25-,26+/m00000/s1. The summed E-state index contributed by atoms with van der Waals surface area (Å²) in [6, 6.07) is 8.69.